The zero-order chi connectivity index (χ0) is 15.5. The molecule has 0 saturated heterocycles. The molecule has 1 saturated carbocycles. The number of nitrogens with one attached hydrogen (secondary N) is 1. The van der Waals surface area contributed by atoms with Crippen molar-refractivity contribution in [2.24, 2.45) is 0 Å². The Morgan fingerprint density at radius 1 is 1.38 bits per heavy atom. The summed E-state index contributed by atoms with van der Waals surface area (Å²) < 4.78 is 6.14. The van der Waals surface area contributed by atoms with Crippen molar-refractivity contribution in [2.75, 3.05) is 6.61 Å². The summed E-state index contributed by atoms with van der Waals surface area (Å²) in [6, 6.07) is 5.04. The molecule has 1 aromatic carbocycles. The lowest BCUT2D eigenvalue weighted by Crippen LogP contribution is -2.53. The average Bonchev–Trinajstić information content (AvgIpc) is 2.87. The molecule has 1 amide bonds. The van der Waals surface area contributed by atoms with E-state index in [1.807, 2.05) is 0 Å². The van der Waals surface area contributed by atoms with E-state index < -0.39 is 17.4 Å². The Balaban J connectivity index is 1.94. The predicted octanol–water partition coefficient (Wildman–Crippen LogP) is 2.99. The third-order valence-electron chi connectivity index (χ3n) is 3.50. The minimum Gasteiger partial charge on any atom is -0.482 e. The van der Waals surface area contributed by atoms with Crippen LogP contribution in [0.15, 0.2) is 22.7 Å². The van der Waals surface area contributed by atoms with Gasteiger partial charge in [-0.3, -0.25) is 4.79 Å². The first-order valence-electron chi connectivity index (χ1n) is 6.55. The molecule has 21 heavy (non-hydrogen) atoms. The fourth-order valence-corrected chi connectivity index (χ4v) is 3.14. The van der Waals surface area contributed by atoms with E-state index in [0.717, 1.165) is 17.3 Å². The maximum Gasteiger partial charge on any atom is 0.329 e. The zero-order valence-electron chi connectivity index (χ0n) is 11.2. The van der Waals surface area contributed by atoms with Gasteiger partial charge in [0.25, 0.3) is 5.91 Å². The van der Waals surface area contributed by atoms with Gasteiger partial charge in [0.1, 0.15) is 11.3 Å². The molecule has 1 aliphatic carbocycles. The summed E-state index contributed by atoms with van der Waals surface area (Å²) in [7, 11) is 0. The lowest BCUT2D eigenvalue weighted by Gasteiger charge is -2.25. The lowest BCUT2D eigenvalue weighted by molar-refractivity contribution is -0.147. The molecule has 0 unspecified atom stereocenters. The molecule has 2 rings (SSSR count). The number of carboxylic acids is 1. The number of carbonyl (C=O) groups excluding carboxylic acids is 1. The highest BCUT2D eigenvalue weighted by Crippen LogP contribution is 2.30. The van der Waals surface area contributed by atoms with E-state index in [2.05, 4.69) is 21.2 Å². The first kappa shape index (κ1) is 16.1. The van der Waals surface area contributed by atoms with Gasteiger partial charge in [0.05, 0.1) is 5.02 Å². The Labute approximate surface area is 135 Å². The molecule has 0 radical (unpaired) electrons. The second kappa shape index (κ2) is 6.66. The van der Waals surface area contributed by atoms with Crippen LogP contribution < -0.4 is 10.1 Å². The van der Waals surface area contributed by atoms with E-state index in [-0.39, 0.29) is 6.61 Å². The molecule has 0 heterocycles. The molecule has 0 atom stereocenters. The van der Waals surface area contributed by atoms with Crippen LogP contribution in [0.25, 0.3) is 0 Å². The van der Waals surface area contributed by atoms with Gasteiger partial charge in [0.15, 0.2) is 6.61 Å². The van der Waals surface area contributed by atoms with E-state index >= 15 is 0 Å². The predicted molar refractivity (Wildman–Crippen MR) is 81.6 cm³/mol. The highest BCUT2D eigenvalue weighted by Gasteiger charge is 2.42. The van der Waals surface area contributed by atoms with Crippen LogP contribution in [-0.4, -0.2) is 29.1 Å². The SMILES string of the molecule is O=C(COc1ccc(Br)cc1Cl)NC1(C(=O)O)CCCC1. The van der Waals surface area contributed by atoms with E-state index in [1.54, 1.807) is 18.2 Å². The molecule has 0 aromatic heterocycles. The molecule has 114 valence electrons. The van der Waals surface area contributed by atoms with Gasteiger partial charge >= 0.3 is 5.97 Å². The second-order valence-electron chi connectivity index (χ2n) is 5.01. The third kappa shape index (κ3) is 3.89. The van der Waals surface area contributed by atoms with Crippen LogP contribution in [0, 0.1) is 0 Å². The second-order valence-corrected chi connectivity index (χ2v) is 6.33. The van der Waals surface area contributed by atoms with Crippen LogP contribution in [0.2, 0.25) is 5.02 Å². The molecule has 1 aliphatic rings. The Morgan fingerprint density at radius 2 is 2.05 bits per heavy atom. The van der Waals surface area contributed by atoms with Crippen LogP contribution in [0.4, 0.5) is 0 Å². The number of aliphatic carboxylic acids is 1. The lowest BCUT2D eigenvalue weighted by atomic mass is 9.98. The summed E-state index contributed by atoms with van der Waals surface area (Å²) in [6.07, 6.45) is 2.50. The van der Waals surface area contributed by atoms with Gasteiger partial charge in [-0.2, -0.15) is 0 Å². The molecular weight excluding hydrogens is 362 g/mol. The minimum absolute atomic E-state index is 0.267. The molecule has 5 nitrogen and oxygen atoms in total. The molecule has 1 aromatic rings. The number of hydrogen-bond donors (Lipinski definition) is 2. The van der Waals surface area contributed by atoms with Gasteiger partial charge in [-0.1, -0.05) is 40.4 Å². The van der Waals surface area contributed by atoms with E-state index in [9.17, 15) is 14.7 Å². The van der Waals surface area contributed by atoms with Crippen LogP contribution in [-0.2, 0) is 9.59 Å². The van der Waals surface area contributed by atoms with Gasteiger partial charge in [-0.25, -0.2) is 4.79 Å². The fraction of sp³-hybridized carbons (Fsp3) is 0.429. The normalized spacial score (nSPS) is 16.5. The third-order valence-corrected chi connectivity index (χ3v) is 4.29. The maximum absolute atomic E-state index is 11.9. The minimum atomic E-state index is -1.15. The van der Waals surface area contributed by atoms with Crippen molar-refractivity contribution < 1.29 is 19.4 Å². The van der Waals surface area contributed by atoms with E-state index in [4.69, 9.17) is 16.3 Å². The Morgan fingerprint density at radius 3 is 2.62 bits per heavy atom. The Hall–Kier alpha value is -1.27. The average molecular weight is 377 g/mol. The van der Waals surface area contributed by atoms with Crippen LogP contribution in [0.1, 0.15) is 25.7 Å². The van der Waals surface area contributed by atoms with Gasteiger partial charge in [0.2, 0.25) is 0 Å². The van der Waals surface area contributed by atoms with Crippen LogP contribution in [0.3, 0.4) is 0 Å². The number of carboxylic acid groups (broad SMARTS) is 1. The summed E-state index contributed by atoms with van der Waals surface area (Å²) in [5, 5.41) is 12.2. The quantitative estimate of drug-likeness (QED) is 0.828. The number of halogens is 2. The molecule has 7 heteroatoms. The Kier molecular flexibility index (Phi) is 5.11. The van der Waals surface area contributed by atoms with Crippen molar-refractivity contribution in [3.63, 3.8) is 0 Å². The number of amides is 1. The summed E-state index contributed by atoms with van der Waals surface area (Å²) in [5.41, 5.74) is -1.15. The number of benzene rings is 1. The van der Waals surface area contributed by atoms with Crippen molar-refractivity contribution in [3.8, 4) is 5.75 Å². The van der Waals surface area contributed by atoms with E-state index in [1.165, 1.54) is 0 Å². The molecule has 0 spiro atoms. The van der Waals surface area contributed by atoms with Crippen molar-refractivity contribution >= 4 is 39.4 Å². The van der Waals surface area contributed by atoms with Crippen molar-refractivity contribution in [1.82, 2.24) is 5.32 Å². The summed E-state index contributed by atoms with van der Waals surface area (Å²) in [5.74, 6) is -1.07. The van der Waals surface area contributed by atoms with Gasteiger partial charge in [0, 0.05) is 4.47 Å². The summed E-state index contributed by atoms with van der Waals surface area (Å²) >= 11 is 9.25. The van der Waals surface area contributed by atoms with Crippen LogP contribution >= 0.6 is 27.5 Å². The van der Waals surface area contributed by atoms with E-state index in [0.29, 0.717) is 23.6 Å². The van der Waals surface area contributed by atoms with Crippen molar-refractivity contribution in [1.29, 1.82) is 0 Å². The molecule has 1 fully saturated rings. The highest BCUT2D eigenvalue weighted by atomic mass is 79.9. The molecule has 2 N–H and O–H groups in total. The fourth-order valence-electron chi connectivity index (χ4n) is 2.41. The van der Waals surface area contributed by atoms with Gasteiger partial charge in [-0.05, 0) is 31.0 Å². The number of carbonyl (C=O) groups is 2. The number of ether oxygens (including phenoxy) is 1. The molecular formula is C14H15BrClNO4. The number of rotatable bonds is 5. The summed E-state index contributed by atoms with van der Waals surface area (Å²) in [6.45, 7) is -0.267. The number of hydrogen-bond acceptors (Lipinski definition) is 3. The molecule has 0 aliphatic heterocycles. The standard InChI is InChI=1S/C14H15BrClNO4/c15-9-3-4-11(10(16)7-9)21-8-12(18)17-14(13(19)20)5-1-2-6-14/h3-4,7H,1-2,5-6,8H2,(H,17,18)(H,19,20). The monoisotopic (exact) mass is 375 g/mol. The zero-order valence-corrected chi connectivity index (χ0v) is 13.5. The highest BCUT2D eigenvalue weighted by molar-refractivity contribution is 9.10. The largest absolute Gasteiger partial charge is 0.482 e. The van der Waals surface area contributed by atoms with Crippen LogP contribution in [0.5, 0.6) is 5.75 Å². The summed E-state index contributed by atoms with van der Waals surface area (Å²) in [4.78, 5) is 23.3. The first-order valence-corrected chi connectivity index (χ1v) is 7.72. The maximum atomic E-state index is 11.9. The topological polar surface area (TPSA) is 75.6 Å². The van der Waals surface area contributed by atoms with Crippen molar-refractivity contribution in [3.05, 3.63) is 27.7 Å². The Bertz CT molecular complexity index is 558. The first-order chi connectivity index (χ1) is 9.93. The molecule has 0 bridgehead atoms. The van der Waals surface area contributed by atoms with Gasteiger partial charge < -0.3 is 15.2 Å². The van der Waals surface area contributed by atoms with Gasteiger partial charge in [-0.15, -0.1) is 0 Å². The van der Waals surface area contributed by atoms with Crippen molar-refractivity contribution in [2.45, 2.75) is 31.2 Å². The smallest absolute Gasteiger partial charge is 0.329 e.